The minimum atomic E-state index is -1.13. The van der Waals surface area contributed by atoms with E-state index in [0.29, 0.717) is 16.5 Å². The molecule has 1 atom stereocenters. The van der Waals surface area contributed by atoms with Gasteiger partial charge in [0.25, 0.3) is 0 Å². The zero-order valence-corrected chi connectivity index (χ0v) is 12.4. The molecule has 5 nitrogen and oxygen atoms in total. The number of amides is 1. The Morgan fingerprint density at radius 2 is 2.10 bits per heavy atom. The lowest BCUT2D eigenvalue weighted by Gasteiger charge is -2.13. The Labute approximate surface area is 126 Å². The zero-order valence-electron chi connectivity index (χ0n) is 10.9. The van der Waals surface area contributed by atoms with Crippen molar-refractivity contribution < 1.29 is 19.4 Å². The maximum absolute atomic E-state index is 11.7. The third kappa shape index (κ3) is 5.36. The number of carboxylic acids is 1. The summed E-state index contributed by atoms with van der Waals surface area (Å²) < 4.78 is 4.73. The van der Waals surface area contributed by atoms with E-state index in [-0.39, 0.29) is 18.9 Å². The van der Waals surface area contributed by atoms with Crippen molar-refractivity contribution in [1.29, 1.82) is 0 Å². The van der Waals surface area contributed by atoms with E-state index in [1.807, 2.05) is 0 Å². The van der Waals surface area contributed by atoms with Crippen LogP contribution in [0.25, 0.3) is 0 Å². The molecule has 110 valence electrons. The number of aliphatic carboxylic acids is 1. The number of hydrogen-bond donors (Lipinski definition) is 2. The van der Waals surface area contributed by atoms with Crippen LogP contribution >= 0.6 is 23.2 Å². The summed E-state index contributed by atoms with van der Waals surface area (Å²) in [7, 11) is 1.37. The summed E-state index contributed by atoms with van der Waals surface area (Å²) >= 11 is 11.8. The van der Waals surface area contributed by atoms with Crippen LogP contribution in [-0.4, -0.2) is 36.7 Å². The zero-order chi connectivity index (χ0) is 15.1. The maximum atomic E-state index is 11.7. The van der Waals surface area contributed by atoms with Crippen molar-refractivity contribution in [3.63, 3.8) is 0 Å². The van der Waals surface area contributed by atoms with Gasteiger partial charge in [0, 0.05) is 23.6 Å². The predicted octanol–water partition coefficient (Wildman–Crippen LogP) is 2.14. The Kier molecular flexibility index (Phi) is 6.78. The molecule has 2 N–H and O–H groups in total. The fourth-order valence-corrected chi connectivity index (χ4v) is 2.08. The molecular formula is C13H15Cl2NO4. The van der Waals surface area contributed by atoms with Crippen molar-refractivity contribution in [3.8, 4) is 0 Å². The number of benzene rings is 1. The summed E-state index contributed by atoms with van der Waals surface area (Å²) in [5.41, 5.74) is 0.782. The van der Waals surface area contributed by atoms with Crippen LogP contribution < -0.4 is 5.32 Å². The number of rotatable bonds is 7. The molecule has 0 aliphatic rings. The van der Waals surface area contributed by atoms with Gasteiger partial charge in [0.05, 0.1) is 6.61 Å². The Bertz CT molecular complexity index is 493. The largest absolute Gasteiger partial charge is 0.480 e. The third-order valence-corrected chi connectivity index (χ3v) is 3.19. The second kappa shape index (κ2) is 8.09. The van der Waals surface area contributed by atoms with Gasteiger partial charge in [0.2, 0.25) is 5.91 Å². The maximum Gasteiger partial charge on any atom is 0.328 e. The van der Waals surface area contributed by atoms with E-state index >= 15 is 0 Å². The van der Waals surface area contributed by atoms with Crippen molar-refractivity contribution in [3.05, 3.63) is 33.8 Å². The number of nitrogens with one attached hydrogen (secondary N) is 1. The first-order valence-corrected chi connectivity index (χ1v) is 6.64. The first kappa shape index (κ1) is 16.8. The van der Waals surface area contributed by atoms with Gasteiger partial charge in [-0.2, -0.15) is 0 Å². The molecule has 20 heavy (non-hydrogen) atoms. The van der Waals surface area contributed by atoms with Gasteiger partial charge in [-0.05, 0) is 24.1 Å². The van der Waals surface area contributed by atoms with E-state index in [2.05, 4.69) is 5.32 Å². The van der Waals surface area contributed by atoms with Crippen LogP contribution in [-0.2, 0) is 20.7 Å². The SMILES string of the molecule is COCC(NC(=O)CCc1ccc(Cl)cc1Cl)C(=O)O. The third-order valence-electron chi connectivity index (χ3n) is 2.60. The highest BCUT2D eigenvalue weighted by Gasteiger charge is 2.19. The molecule has 0 spiro atoms. The highest BCUT2D eigenvalue weighted by Crippen LogP contribution is 2.21. The molecule has 1 unspecified atom stereocenters. The number of methoxy groups -OCH3 is 1. The van der Waals surface area contributed by atoms with Crippen LogP contribution in [0.15, 0.2) is 18.2 Å². The van der Waals surface area contributed by atoms with E-state index < -0.39 is 12.0 Å². The average Bonchev–Trinajstić information content (AvgIpc) is 2.37. The number of aryl methyl sites for hydroxylation is 1. The monoisotopic (exact) mass is 319 g/mol. The van der Waals surface area contributed by atoms with E-state index in [9.17, 15) is 9.59 Å². The van der Waals surface area contributed by atoms with E-state index in [0.717, 1.165) is 5.56 Å². The minimum absolute atomic E-state index is 0.0806. The number of carbonyl (C=O) groups excluding carboxylic acids is 1. The second-order valence-electron chi connectivity index (χ2n) is 4.15. The van der Waals surface area contributed by atoms with Gasteiger partial charge in [-0.3, -0.25) is 4.79 Å². The molecule has 7 heteroatoms. The number of carboxylic acid groups (broad SMARTS) is 1. The lowest BCUT2D eigenvalue weighted by molar-refractivity contribution is -0.143. The molecule has 0 aliphatic carbocycles. The molecular weight excluding hydrogens is 305 g/mol. The van der Waals surface area contributed by atoms with Gasteiger partial charge in [-0.15, -0.1) is 0 Å². The summed E-state index contributed by atoms with van der Waals surface area (Å²) in [6.45, 7) is -0.0806. The molecule has 0 fully saturated rings. The molecule has 1 aromatic carbocycles. The standard InChI is InChI=1S/C13H15Cl2NO4/c1-20-7-11(13(18)19)16-12(17)5-3-8-2-4-9(14)6-10(8)15/h2,4,6,11H,3,5,7H2,1H3,(H,16,17)(H,18,19). The summed E-state index contributed by atoms with van der Waals surface area (Å²) in [6, 6.07) is 3.97. The topological polar surface area (TPSA) is 75.6 Å². The van der Waals surface area contributed by atoms with Crippen LogP contribution in [0.2, 0.25) is 10.0 Å². The quantitative estimate of drug-likeness (QED) is 0.807. The smallest absolute Gasteiger partial charge is 0.328 e. The van der Waals surface area contributed by atoms with Gasteiger partial charge in [0.15, 0.2) is 6.04 Å². The minimum Gasteiger partial charge on any atom is -0.480 e. The molecule has 1 amide bonds. The van der Waals surface area contributed by atoms with Gasteiger partial charge in [0.1, 0.15) is 0 Å². The first-order valence-electron chi connectivity index (χ1n) is 5.89. The van der Waals surface area contributed by atoms with Gasteiger partial charge in [-0.25, -0.2) is 4.79 Å². The molecule has 0 saturated heterocycles. The highest BCUT2D eigenvalue weighted by atomic mass is 35.5. The highest BCUT2D eigenvalue weighted by molar-refractivity contribution is 6.35. The molecule has 1 aromatic rings. The van der Waals surface area contributed by atoms with Crippen molar-refractivity contribution in [2.75, 3.05) is 13.7 Å². The summed E-state index contributed by atoms with van der Waals surface area (Å²) in [5.74, 6) is -1.51. The molecule has 0 aromatic heterocycles. The number of carbonyl (C=O) groups is 2. The van der Waals surface area contributed by atoms with E-state index in [1.165, 1.54) is 7.11 Å². The van der Waals surface area contributed by atoms with Crippen molar-refractivity contribution in [2.45, 2.75) is 18.9 Å². The van der Waals surface area contributed by atoms with Crippen molar-refractivity contribution in [2.24, 2.45) is 0 Å². The van der Waals surface area contributed by atoms with E-state index in [4.69, 9.17) is 33.0 Å². The summed E-state index contributed by atoms with van der Waals surface area (Å²) in [4.78, 5) is 22.5. The van der Waals surface area contributed by atoms with Crippen molar-refractivity contribution in [1.82, 2.24) is 5.32 Å². The molecule has 1 rings (SSSR count). The van der Waals surface area contributed by atoms with Crippen LogP contribution in [0.1, 0.15) is 12.0 Å². The Morgan fingerprint density at radius 3 is 2.65 bits per heavy atom. The fraction of sp³-hybridized carbons (Fsp3) is 0.385. The predicted molar refractivity (Wildman–Crippen MR) is 76.2 cm³/mol. The molecule has 0 aliphatic heterocycles. The van der Waals surface area contributed by atoms with Crippen LogP contribution in [0.4, 0.5) is 0 Å². The molecule has 0 radical (unpaired) electrons. The van der Waals surface area contributed by atoms with Gasteiger partial charge >= 0.3 is 5.97 Å². The fourth-order valence-electron chi connectivity index (χ4n) is 1.58. The number of ether oxygens (including phenoxy) is 1. The Hall–Kier alpha value is -1.30. The first-order chi connectivity index (χ1) is 9.43. The van der Waals surface area contributed by atoms with Crippen molar-refractivity contribution >= 4 is 35.1 Å². The van der Waals surface area contributed by atoms with Crippen LogP contribution in [0.5, 0.6) is 0 Å². The second-order valence-corrected chi connectivity index (χ2v) is 4.99. The number of hydrogen-bond acceptors (Lipinski definition) is 3. The van der Waals surface area contributed by atoms with Gasteiger partial charge < -0.3 is 15.2 Å². The van der Waals surface area contributed by atoms with Gasteiger partial charge in [-0.1, -0.05) is 29.3 Å². The summed E-state index contributed by atoms with van der Waals surface area (Å²) in [5, 5.41) is 12.3. The number of halogens is 2. The van der Waals surface area contributed by atoms with E-state index in [1.54, 1.807) is 18.2 Å². The Morgan fingerprint density at radius 1 is 1.40 bits per heavy atom. The summed E-state index contributed by atoms with van der Waals surface area (Å²) in [6.07, 6.45) is 0.538. The average molecular weight is 320 g/mol. The van der Waals surface area contributed by atoms with Crippen LogP contribution in [0, 0.1) is 0 Å². The molecule has 0 saturated carbocycles. The molecule has 0 bridgehead atoms. The lowest BCUT2D eigenvalue weighted by Crippen LogP contribution is -2.43. The van der Waals surface area contributed by atoms with Crippen LogP contribution in [0.3, 0.4) is 0 Å². The molecule has 0 heterocycles. The normalized spacial score (nSPS) is 11.9. The Balaban J connectivity index is 2.52. The lowest BCUT2D eigenvalue weighted by atomic mass is 10.1.